The third-order valence-electron chi connectivity index (χ3n) is 6.07. The number of fused-ring (bicyclic) bond motifs is 1. The van der Waals surface area contributed by atoms with Crippen molar-refractivity contribution in [2.45, 2.75) is 39.0 Å². The Balaban J connectivity index is 0.00000182. The average molecular weight is 362 g/mol. The minimum atomic E-state index is 0. The molecule has 1 aliphatic carbocycles. The molecule has 3 N–H and O–H groups in total. The van der Waals surface area contributed by atoms with Crippen LogP contribution < -0.4 is 10.6 Å². The van der Waals surface area contributed by atoms with Crippen LogP contribution in [-0.2, 0) is 17.6 Å². The predicted octanol–water partition coefficient (Wildman–Crippen LogP) is 3.20. The van der Waals surface area contributed by atoms with E-state index in [0.29, 0.717) is 5.41 Å². The second-order valence-corrected chi connectivity index (χ2v) is 7.42. The summed E-state index contributed by atoms with van der Waals surface area (Å²) < 4.78 is 0. The highest BCUT2D eigenvalue weighted by atomic mass is 35.5. The SMILES string of the molecule is CCc1cccc2c(CCNC(=O)C3CC34CCNCC4)c[nH]c12.Cl. The normalized spacial score (nSPS) is 21.1. The monoisotopic (exact) mass is 361 g/mol. The zero-order chi connectivity index (χ0) is 16.6. The second kappa shape index (κ2) is 7.38. The number of halogens is 1. The van der Waals surface area contributed by atoms with Gasteiger partial charge in [-0.05, 0) is 61.7 Å². The Morgan fingerprint density at radius 1 is 1.28 bits per heavy atom. The van der Waals surface area contributed by atoms with Crippen molar-refractivity contribution in [2.75, 3.05) is 19.6 Å². The summed E-state index contributed by atoms with van der Waals surface area (Å²) in [5.74, 6) is 0.528. The molecule has 2 fully saturated rings. The van der Waals surface area contributed by atoms with Crippen molar-refractivity contribution >= 4 is 29.2 Å². The molecule has 1 aromatic heterocycles. The minimum Gasteiger partial charge on any atom is -0.361 e. The van der Waals surface area contributed by atoms with Gasteiger partial charge < -0.3 is 15.6 Å². The molecule has 2 aliphatic rings. The van der Waals surface area contributed by atoms with Crippen LogP contribution in [0.5, 0.6) is 0 Å². The van der Waals surface area contributed by atoms with Gasteiger partial charge in [-0.3, -0.25) is 4.79 Å². The van der Waals surface area contributed by atoms with Crippen LogP contribution in [0.3, 0.4) is 0 Å². The van der Waals surface area contributed by atoms with Crippen LogP contribution in [0.15, 0.2) is 24.4 Å². The topological polar surface area (TPSA) is 56.9 Å². The quantitative estimate of drug-likeness (QED) is 0.766. The van der Waals surface area contributed by atoms with Gasteiger partial charge >= 0.3 is 0 Å². The van der Waals surface area contributed by atoms with Crippen molar-refractivity contribution in [3.8, 4) is 0 Å². The van der Waals surface area contributed by atoms with Gasteiger partial charge in [-0.25, -0.2) is 0 Å². The fourth-order valence-electron chi connectivity index (χ4n) is 4.42. The molecule has 4 rings (SSSR count). The summed E-state index contributed by atoms with van der Waals surface area (Å²) >= 11 is 0. The van der Waals surface area contributed by atoms with E-state index in [1.807, 2.05) is 0 Å². The summed E-state index contributed by atoms with van der Waals surface area (Å²) in [6.07, 6.45) is 7.43. The average Bonchev–Trinajstić information content (AvgIpc) is 3.14. The first kappa shape index (κ1) is 18.3. The zero-order valence-corrected chi connectivity index (χ0v) is 15.7. The minimum absolute atomic E-state index is 0. The number of rotatable bonds is 5. The van der Waals surface area contributed by atoms with Crippen molar-refractivity contribution < 1.29 is 4.79 Å². The first-order valence-corrected chi connectivity index (χ1v) is 9.30. The Morgan fingerprint density at radius 2 is 2.08 bits per heavy atom. The lowest BCUT2D eigenvalue weighted by molar-refractivity contribution is -0.123. The van der Waals surface area contributed by atoms with Crippen LogP contribution in [0.2, 0.25) is 0 Å². The Kier molecular flexibility index (Phi) is 5.40. The molecule has 1 atom stereocenters. The van der Waals surface area contributed by atoms with Crippen molar-refractivity contribution in [3.63, 3.8) is 0 Å². The molecule has 1 saturated carbocycles. The summed E-state index contributed by atoms with van der Waals surface area (Å²) in [6.45, 7) is 5.05. The van der Waals surface area contributed by atoms with Crippen molar-refractivity contribution in [1.29, 1.82) is 0 Å². The molecule has 1 aliphatic heterocycles. The maximum atomic E-state index is 12.4. The van der Waals surface area contributed by atoms with E-state index >= 15 is 0 Å². The molecule has 1 unspecified atom stereocenters. The molecule has 0 bridgehead atoms. The number of carbonyl (C=O) groups excluding carboxylic acids is 1. The number of aromatic nitrogens is 1. The van der Waals surface area contributed by atoms with Gasteiger partial charge in [0, 0.05) is 29.6 Å². The molecule has 1 amide bonds. The molecule has 25 heavy (non-hydrogen) atoms. The number of para-hydroxylation sites is 1. The maximum absolute atomic E-state index is 12.4. The van der Waals surface area contributed by atoms with Crippen molar-refractivity contribution in [2.24, 2.45) is 11.3 Å². The van der Waals surface area contributed by atoms with Gasteiger partial charge in [-0.1, -0.05) is 25.1 Å². The van der Waals surface area contributed by atoms with E-state index in [1.54, 1.807) is 0 Å². The number of hydrogen-bond donors (Lipinski definition) is 3. The molecule has 2 aromatic rings. The lowest BCUT2D eigenvalue weighted by Crippen LogP contribution is -2.34. The smallest absolute Gasteiger partial charge is 0.223 e. The summed E-state index contributed by atoms with van der Waals surface area (Å²) in [5, 5.41) is 7.86. The molecule has 4 nitrogen and oxygen atoms in total. The number of piperidine rings is 1. The van der Waals surface area contributed by atoms with Crippen LogP contribution in [0.1, 0.15) is 37.3 Å². The van der Waals surface area contributed by atoms with Gasteiger partial charge in [0.15, 0.2) is 0 Å². The molecule has 0 radical (unpaired) electrons. The molecule has 5 heteroatoms. The van der Waals surface area contributed by atoms with E-state index in [1.165, 1.54) is 22.0 Å². The second-order valence-electron chi connectivity index (χ2n) is 7.42. The number of amides is 1. The van der Waals surface area contributed by atoms with Crippen molar-refractivity contribution in [3.05, 3.63) is 35.5 Å². The standard InChI is InChI=1S/C20H27N3O.ClH/c1-2-14-4-3-5-16-15(13-23-18(14)16)6-9-22-19(24)17-12-20(17)7-10-21-11-8-20;/h3-5,13,17,21,23H,2,6-12H2,1H3,(H,22,24);1H. The molecule has 1 spiro atoms. The van der Waals surface area contributed by atoms with E-state index < -0.39 is 0 Å². The molecular weight excluding hydrogens is 334 g/mol. The van der Waals surface area contributed by atoms with Crippen LogP contribution in [0.4, 0.5) is 0 Å². The van der Waals surface area contributed by atoms with Crippen LogP contribution in [-0.4, -0.2) is 30.5 Å². The number of carbonyl (C=O) groups is 1. The van der Waals surface area contributed by atoms with Crippen molar-refractivity contribution in [1.82, 2.24) is 15.6 Å². The van der Waals surface area contributed by atoms with Crippen LogP contribution in [0.25, 0.3) is 10.9 Å². The van der Waals surface area contributed by atoms with E-state index in [2.05, 4.69) is 46.9 Å². The maximum Gasteiger partial charge on any atom is 0.223 e. The molecule has 1 saturated heterocycles. The van der Waals surface area contributed by atoms with Gasteiger partial charge in [-0.2, -0.15) is 0 Å². The third-order valence-corrected chi connectivity index (χ3v) is 6.07. The number of H-pyrrole nitrogens is 1. The van der Waals surface area contributed by atoms with E-state index in [9.17, 15) is 4.79 Å². The summed E-state index contributed by atoms with van der Waals surface area (Å²) in [5.41, 5.74) is 4.23. The van der Waals surface area contributed by atoms with Gasteiger partial charge in [0.2, 0.25) is 5.91 Å². The summed E-state index contributed by atoms with van der Waals surface area (Å²) in [7, 11) is 0. The molecule has 136 valence electrons. The van der Waals surface area contributed by atoms with Gasteiger partial charge in [0.05, 0.1) is 0 Å². The summed E-state index contributed by atoms with van der Waals surface area (Å²) in [6, 6.07) is 6.48. The Morgan fingerprint density at radius 3 is 2.84 bits per heavy atom. The van der Waals surface area contributed by atoms with Gasteiger partial charge in [-0.15, -0.1) is 12.4 Å². The Hall–Kier alpha value is -1.52. The first-order valence-electron chi connectivity index (χ1n) is 9.30. The Bertz CT molecular complexity index is 748. The highest BCUT2D eigenvalue weighted by Gasteiger charge is 2.57. The number of hydrogen-bond acceptors (Lipinski definition) is 2. The number of aryl methyl sites for hydroxylation is 1. The number of nitrogens with one attached hydrogen (secondary N) is 3. The molecule has 2 heterocycles. The van der Waals surface area contributed by atoms with Crippen LogP contribution >= 0.6 is 12.4 Å². The highest BCUT2D eigenvalue weighted by molar-refractivity contribution is 5.86. The van der Waals surface area contributed by atoms with Crippen LogP contribution in [0, 0.1) is 11.3 Å². The zero-order valence-electron chi connectivity index (χ0n) is 14.9. The third kappa shape index (κ3) is 3.42. The van der Waals surface area contributed by atoms with Gasteiger partial charge in [0.25, 0.3) is 0 Å². The van der Waals surface area contributed by atoms with Gasteiger partial charge in [0.1, 0.15) is 0 Å². The largest absolute Gasteiger partial charge is 0.361 e. The highest BCUT2D eigenvalue weighted by Crippen LogP contribution is 2.58. The fraction of sp³-hybridized carbons (Fsp3) is 0.550. The summed E-state index contributed by atoms with van der Waals surface area (Å²) in [4.78, 5) is 15.8. The lowest BCUT2D eigenvalue weighted by atomic mass is 9.92. The van der Waals surface area contributed by atoms with E-state index in [-0.39, 0.29) is 24.2 Å². The molecular formula is C20H28ClN3O. The lowest BCUT2D eigenvalue weighted by Gasteiger charge is -2.23. The van der Waals surface area contributed by atoms with E-state index in [4.69, 9.17) is 0 Å². The number of aromatic amines is 1. The Labute approximate surface area is 155 Å². The number of benzene rings is 1. The predicted molar refractivity (Wildman–Crippen MR) is 104 cm³/mol. The molecule has 1 aromatic carbocycles. The van der Waals surface area contributed by atoms with E-state index in [0.717, 1.165) is 51.7 Å². The first-order chi connectivity index (χ1) is 11.7. The fourth-order valence-corrected chi connectivity index (χ4v) is 4.42.